The molecule has 1 N–H and O–H groups in total. The fourth-order valence-electron chi connectivity index (χ4n) is 5.17. The highest BCUT2D eigenvalue weighted by Crippen LogP contribution is 2.50. The number of pyridine rings is 1. The summed E-state index contributed by atoms with van der Waals surface area (Å²) in [6.07, 6.45) is 2.90. The normalized spacial score (nSPS) is 32.8. The van der Waals surface area contributed by atoms with E-state index in [-0.39, 0.29) is 5.92 Å². The highest BCUT2D eigenvalue weighted by molar-refractivity contribution is 7.97. The molecule has 0 unspecified atom stereocenters. The second-order valence-corrected chi connectivity index (χ2v) is 11.0. The van der Waals surface area contributed by atoms with E-state index < -0.39 is 17.5 Å². The molecule has 2 saturated carbocycles. The first kappa shape index (κ1) is 20.1. The molecule has 0 aromatic carbocycles. The van der Waals surface area contributed by atoms with Gasteiger partial charge in [-0.1, -0.05) is 0 Å². The average molecular weight is 428 g/mol. The number of likely N-dealkylation sites (tertiary alicyclic amines) is 1. The zero-order chi connectivity index (χ0) is 20.4. The lowest BCUT2D eigenvalue weighted by Crippen LogP contribution is -2.72. The minimum Gasteiger partial charge on any atom is -0.390 e. The molecule has 0 atom stereocenters. The summed E-state index contributed by atoms with van der Waals surface area (Å²) in [4.78, 5) is 7.14. The van der Waals surface area contributed by atoms with Gasteiger partial charge in [-0.2, -0.15) is 13.2 Å². The first-order chi connectivity index (χ1) is 13.6. The lowest BCUT2D eigenvalue weighted by atomic mass is 9.72. The van der Waals surface area contributed by atoms with Crippen molar-refractivity contribution in [2.75, 3.05) is 26.2 Å². The van der Waals surface area contributed by atoms with Gasteiger partial charge in [-0.05, 0) is 74.9 Å². The predicted molar refractivity (Wildman–Crippen MR) is 106 cm³/mol. The van der Waals surface area contributed by atoms with Crippen molar-refractivity contribution in [2.24, 2.45) is 5.41 Å². The summed E-state index contributed by atoms with van der Waals surface area (Å²) < 4.78 is 41.3. The van der Waals surface area contributed by atoms with Crippen LogP contribution in [0, 0.1) is 5.41 Å². The van der Waals surface area contributed by atoms with E-state index in [2.05, 4.69) is 14.2 Å². The summed E-state index contributed by atoms with van der Waals surface area (Å²) in [5, 5.41) is 10.1. The maximum Gasteiger partial charge on any atom is 0.433 e. The Bertz CT molecular complexity index is 772. The van der Waals surface area contributed by atoms with Gasteiger partial charge in [-0.15, -0.1) is 0 Å². The van der Waals surface area contributed by atoms with Crippen molar-refractivity contribution in [1.82, 2.24) is 14.2 Å². The molecule has 3 heterocycles. The number of aliphatic hydroxyl groups is 1. The van der Waals surface area contributed by atoms with Gasteiger partial charge >= 0.3 is 6.18 Å². The third-order valence-electron chi connectivity index (χ3n) is 7.08. The van der Waals surface area contributed by atoms with E-state index in [0.29, 0.717) is 11.5 Å². The van der Waals surface area contributed by atoms with Crippen molar-refractivity contribution in [3.63, 3.8) is 0 Å². The summed E-state index contributed by atoms with van der Waals surface area (Å²) in [7, 11) is 0. The molecule has 8 heteroatoms. The smallest absolute Gasteiger partial charge is 0.390 e. The van der Waals surface area contributed by atoms with Crippen LogP contribution in [0.1, 0.15) is 62.6 Å². The fraction of sp³-hybridized carbons (Fsp3) is 0.762. The first-order valence-electron chi connectivity index (χ1n) is 10.6. The molecule has 29 heavy (non-hydrogen) atoms. The Morgan fingerprint density at radius 3 is 2.34 bits per heavy atom. The molecular weight excluding hydrogens is 399 g/mol. The number of hydrogen-bond acceptors (Lipinski definition) is 5. The Kier molecular flexibility index (Phi) is 4.74. The molecule has 1 aromatic rings. The summed E-state index contributed by atoms with van der Waals surface area (Å²) >= 11 is 1.58. The van der Waals surface area contributed by atoms with Gasteiger partial charge in [-0.25, -0.2) is 4.31 Å². The maximum absolute atomic E-state index is 13.0. The molecule has 1 aromatic heterocycles. The monoisotopic (exact) mass is 427 g/mol. The maximum atomic E-state index is 13.0. The van der Waals surface area contributed by atoms with E-state index in [0.717, 1.165) is 75.2 Å². The van der Waals surface area contributed by atoms with Crippen molar-refractivity contribution in [1.29, 1.82) is 0 Å². The van der Waals surface area contributed by atoms with Gasteiger partial charge in [0.25, 0.3) is 0 Å². The molecule has 160 valence electrons. The molecule has 0 amide bonds. The molecular formula is C21H28F3N3OS. The molecule has 5 rings (SSSR count). The van der Waals surface area contributed by atoms with Crippen LogP contribution in [0.5, 0.6) is 0 Å². The van der Waals surface area contributed by atoms with Crippen molar-refractivity contribution >= 4 is 11.9 Å². The van der Waals surface area contributed by atoms with E-state index in [1.807, 2.05) is 6.92 Å². The van der Waals surface area contributed by atoms with E-state index >= 15 is 0 Å². The molecule has 4 fully saturated rings. The van der Waals surface area contributed by atoms with E-state index in [9.17, 15) is 18.3 Å². The number of rotatable bonds is 4. The Balaban J connectivity index is 1.15. The standard InChI is InChI=1S/C21H28F3N3OS/c1-19(28)6-4-15(5-7-19)26-10-20(11-26)12-27(13-20)29-17-9-25-18(21(22,23)24)8-16(17)14-2-3-14/h8-9,14-15,28H,2-7,10-13H2,1H3. The Morgan fingerprint density at radius 1 is 1.10 bits per heavy atom. The fourth-order valence-corrected chi connectivity index (χ4v) is 6.56. The minimum atomic E-state index is -4.38. The van der Waals surface area contributed by atoms with E-state index in [1.165, 1.54) is 12.3 Å². The molecule has 0 bridgehead atoms. The van der Waals surface area contributed by atoms with Crippen LogP contribution in [0.4, 0.5) is 13.2 Å². The second kappa shape index (κ2) is 6.84. The van der Waals surface area contributed by atoms with Crippen LogP contribution < -0.4 is 0 Å². The van der Waals surface area contributed by atoms with Gasteiger partial charge in [0.1, 0.15) is 5.69 Å². The highest BCUT2D eigenvalue weighted by Gasteiger charge is 2.54. The lowest BCUT2D eigenvalue weighted by Gasteiger charge is -2.62. The summed E-state index contributed by atoms with van der Waals surface area (Å²) in [6.45, 7) is 6.14. The van der Waals surface area contributed by atoms with Gasteiger partial charge < -0.3 is 5.11 Å². The van der Waals surface area contributed by atoms with Crippen LogP contribution in [0.25, 0.3) is 0 Å². The number of alkyl halides is 3. The zero-order valence-electron chi connectivity index (χ0n) is 16.7. The van der Waals surface area contributed by atoms with Gasteiger partial charge in [0.15, 0.2) is 0 Å². The van der Waals surface area contributed by atoms with Gasteiger partial charge in [0.2, 0.25) is 0 Å². The summed E-state index contributed by atoms with van der Waals surface area (Å²) in [5.41, 5.74) is -0.0862. The van der Waals surface area contributed by atoms with Crippen molar-refractivity contribution in [2.45, 2.75) is 74.1 Å². The Morgan fingerprint density at radius 2 is 1.76 bits per heavy atom. The number of halogens is 3. The van der Waals surface area contributed by atoms with Gasteiger partial charge in [0.05, 0.1) is 5.60 Å². The Labute approximate surface area is 174 Å². The van der Waals surface area contributed by atoms with Crippen molar-refractivity contribution < 1.29 is 18.3 Å². The predicted octanol–water partition coefficient (Wildman–Crippen LogP) is 4.30. The van der Waals surface area contributed by atoms with Gasteiger partial charge in [0, 0.05) is 48.7 Å². The molecule has 0 radical (unpaired) electrons. The number of nitrogens with zero attached hydrogens (tertiary/aromatic N) is 3. The zero-order valence-corrected chi connectivity index (χ0v) is 17.5. The summed E-state index contributed by atoms with van der Waals surface area (Å²) in [6, 6.07) is 1.86. The Hall–Kier alpha value is -0.830. The minimum absolute atomic E-state index is 0.263. The first-order valence-corrected chi connectivity index (χ1v) is 11.4. The second-order valence-electron chi connectivity index (χ2n) is 9.90. The average Bonchev–Trinajstić information content (AvgIpc) is 3.40. The molecule has 2 saturated heterocycles. The molecule has 4 nitrogen and oxygen atoms in total. The molecule has 2 aliphatic carbocycles. The largest absolute Gasteiger partial charge is 0.433 e. The SMILES string of the molecule is CC1(O)CCC(N2CC3(CN(Sc4cnc(C(F)(F)F)cc4C4CC4)C3)C2)CC1. The highest BCUT2D eigenvalue weighted by atomic mass is 32.2. The van der Waals surface area contributed by atoms with Crippen LogP contribution in [0.2, 0.25) is 0 Å². The van der Waals surface area contributed by atoms with Crippen LogP contribution in [-0.2, 0) is 6.18 Å². The van der Waals surface area contributed by atoms with Crippen LogP contribution >= 0.6 is 11.9 Å². The molecule has 1 spiro atoms. The lowest BCUT2D eigenvalue weighted by molar-refractivity contribution is -0.141. The van der Waals surface area contributed by atoms with Gasteiger partial charge in [-0.3, -0.25) is 9.88 Å². The molecule has 4 aliphatic rings. The van der Waals surface area contributed by atoms with Crippen molar-refractivity contribution in [3.05, 3.63) is 23.5 Å². The number of aromatic nitrogens is 1. The van der Waals surface area contributed by atoms with E-state index in [4.69, 9.17) is 0 Å². The van der Waals surface area contributed by atoms with Crippen molar-refractivity contribution in [3.8, 4) is 0 Å². The topological polar surface area (TPSA) is 39.6 Å². The third kappa shape index (κ3) is 4.05. The van der Waals surface area contributed by atoms with Crippen LogP contribution in [-0.4, -0.2) is 57.1 Å². The van der Waals surface area contributed by atoms with Crippen LogP contribution in [0.15, 0.2) is 17.2 Å². The summed E-state index contributed by atoms with van der Waals surface area (Å²) in [5.74, 6) is 0.263. The quantitative estimate of drug-likeness (QED) is 0.726. The van der Waals surface area contributed by atoms with Crippen LogP contribution in [0.3, 0.4) is 0 Å². The third-order valence-corrected chi connectivity index (χ3v) is 8.14. The number of hydrogen-bond donors (Lipinski definition) is 1. The molecule has 2 aliphatic heterocycles. The van der Waals surface area contributed by atoms with E-state index in [1.54, 1.807) is 11.9 Å².